The van der Waals surface area contributed by atoms with Crippen LogP contribution in [0, 0.1) is 16.7 Å². The largest absolute Gasteiger partial charge is 0.480 e. The number of ether oxygens (including phenoxy) is 1. The number of hydrogen-bond acceptors (Lipinski definition) is 7. The van der Waals surface area contributed by atoms with Crippen molar-refractivity contribution in [2.45, 2.75) is 31.4 Å². The van der Waals surface area contributed by atoms with Crippen molar-refractivity contribution in [3.05, 3.63) is 36.0 Å². The number of fused-ring (bicyclic) bond motifs is 1. The second kappa shape index (κ2) is 6.71. The lowest BCUT2D eigenvalue weighted by molar-refractivity contribution is -0.168. The van der Waals surface area contributed by atoms with Gasteiger partial charge >= 0.3 is 11.9 Å². The second-order valence-corrected chi connectivity index (χ2v) is 6.39. The molecule has 3 atom stereocenters. The first-order valence-electron chi connectivity index (χ1n) is 8.06. The first kappa shape index (κ1) is 17.8. The number of aliphatic carboxylic acids is 1. The fourth-order valence-corrected chi connectivity index (χ4v) is 3.14. The summed E-state index contributed by atoms with van der Waals surface area (Å²) >= 11 is 0. The van der Waals surface area contributed by atoms with Crippen molar-refractivity contribution in [3.8, 4) is 11.8 Å². The topological polar surface area (TPSA) is 147 Å². The zero-order chi connectivity index (χ0) is 18.9. The van der Waals surface area contributed by atoms with Crippen molar-refractivity contribution in [2.75, 3.05) is 0 Å². The van der Waals surface area contributed by atoms with Gasteiger partial charge in [0.1, 0.15) is 17.3 Å². The Kier molecular flexibility index (Phi) is 4.59. The first-order valence-corrected chi connectivity index (χ1v) is 8.06. The predicted octanol–water partition coefficient (Wildman–Crippen LogP) is 0.955. The third-order valence-electron chi connectivity index (χ3n) is 4.76. The van der Waals surface area contributed by atoms with E-state index in [0.717, 1.165) is 0 Å². The Hall–Kier alpha value is -3.02. The number of carboxylic acids is 1. The zero-order valence-electron chi connectivity index (χ0n) is 13.8. The number of hydrogen-bond donors (Lipinski definition) is 3. The van der Waals surface area contributed by atoms with Crippen LogP contribution in [-0.4, -0.2) is 39.3 Å². The van der Waals surface area contributed by atoms with Gasteiger partial charge in [-0.3, -0.25) is 9.59 Å². The van der Waals surface area contributed by atoms with E-state index in [2.05, 4.69) is 4.98 Å². The van der Waals surface area contributed by atoms with Crippen LogP contribution in [0.15, 0.2) is 30.3 Å². The molecule has 1 aromatic carbocycles. The van der Waals surface area contributed by atoms with Gasteiger partial charge in [0.25, 0.3) is 0 Å². The van der Waals surface area contributed by atoms with Gasteiger partial charge < -0.3 is 20.7 Å². The Bertz CT molecular complexity index is 923. The van der Waals surface area contributed by atoms with Gasteiger partial charge in [-0.2, -0.15) is 5.26 Å². The van der Waals surface area contributed by atoms with Gasteiger partial charge in [-0.1, -0.05) is 12.1 Å². The van der Waals surface area contributed by atoms with Crippen molar-refractivity contribution in [2.24, 2.45) is 11.1 Å². The summed E-state index contributed by atoms with van der Waals surface area (Å²) in [5.41, 5.74) is 4.28. The molecule has 26 heavy (non-hydrogen) atoms. The van der Waals surface area contributed by atoms with Gasteiger partial charge in [0.2, 0.25) is 0 Å². The molecular formula is C18H17N3O5. The minimum Gasteiger partial charge on any atom is -0.480 e. The third-order valence-corrected chi connectivity index (χ3v) is 4.76. The number of carbonyl (C=O) groups is 2. The van der Waals surface area contributed by atoms with E-state index in [0.29, 0.717) is 5.39 Å². The highest BCUT2D eigenvalue weighted by atomic mass is 16.5. The molecule has 1 fully saturated rings. The summed E-state index contributed by atoms with van der Waals surface area (Å²) in [4.78, 5) is 28.7. The van der Waals surface area contributed by atoms with Crippen LogP contribution in [0.3, 0.4) is 0 Å². The Morgan fingerprint density at radius 1 is 1.35 bits per heavy atom. The maximum Gasteiger partial charge on any atom is 0.329 e. The number of rotatable bonds is 3. The summed E-state index contributed by atoms with van der Waals surface area (Å²) in [5, 5.41) is 29.2. The number of aliphatic hydroxyl groups is 1. The molecule has 0 spiro atoms. The predicted molar refractivity (Wildman–Crippen MR) is 90.0 cm³/mol. The standard InChI is InChI=1S/C18H17N3O5/c19-9-11-5-4-10-2-1-3-14(15(10)21-11)26-17(25)18(16(23)24)7-6-12(20)13(22)8-18/h1-5,12-13,22H,6-8,20H2,(H,23,24)/t12-,13+,18-/m0/s1. The lowest BCUT2D eigenvalue weighted by Gasteiger charge is -2.36. The van der Waals surface area contributed by atoms with Crippen LogP contribution in [0.1, 0.15) is 25.0 Å². The quantitative estimate of drug-likeness (QED) is 0.419. The highest BCUT2D eigenvalue weighted by Gasteiger charge is 2.52. The van der Waals surface area contributed by atoms with Gasteiger partial charge in [0.05, 0.1) is 6.10 Å². The lowest BCUT2D eigenvalue weighted by Crippen LogP contribution is -2.53. The van der Waals surface area contributed by atoms with Crippen LogP contribution in [-0.2, 0) is 9.59 Å². The summed E-state index contributed by atoms with van der Waals surface area (Å²) in [7, 11) is 0. The molecule has 8 heteroatoms. The molecule has 2 aromatic rings. The zero-order valence-corrected chi connectivity index (χ0v) is 13.8. The average molecular weight is 355 g/mol. The normalized spacial score (nSPS) is 25.4. The molecule has 8 nitrogen and oxygen atoms in total. The molecule has 134 valence electrons. The Balaban J connectivity index is 1.97. The molecule has 0 saturated heterocycles. The minimum absolute atomic E-state index is 0.0268. The summed E-state index contributed by atoms with van der Waals surface area (Å²) in [6, 6.07) is 9.38. The van der Waals surface area contributed by atoms with Crippen LogP contribution in [0.2, 0.25) is 0 Å². The SMILES string of the molecule is N#Cc1ccc2cccc(OC(=O)[C@@]3(C(=O)O)CC[C@H](N)[C@H](O)C3)c2n1. The van der Waals surface area contributed by atoms with Crippen LogP contribution in [0.25, 0.3) is 10.9 Å². The number of nitrogens with zero attached hydrogens (tertiary/aromatic N) is 2. The number of aromatic nitrogens is 1. The third kappa shape index (κ3) is 2.98. The van der Waals surface area contributed by atoms with E-state index < -0.39 is 29.5 Å². The Morgan fingerprint density at radius 3 is 2.77 bits per heavy atom. The van der Waals surface area contributed by atoms with Gasteiger partial charge in [-0.15, -0.1) is 0 Å². The van der Waals surface area contributed by atoms with E-state index in [-0.39, 0.29) is 36.2 Å². The number of nitrogens with two attached hydrogens (primary N) is 1. The summed E-state index contributed by atoms with van der Waals surface area (Å²) in [6.07, 6.45) is -1.26. The van der Waals surface area contributed by atoms with Gasteiger partial charge in [-0.05, 0) is 31.0 Å². The van der Waals surface area contributed by atoms with Crippen molar-refractivity contribution < 1.29 is 24.5 Å². The van der Waals surface area contributed by atoms with Crippen LogP contribution in [0.5, 0.6) is 5.75 Å². The molecule has 0 unspecified atom stereocenters. The number of carbonyl (C=O) groups excluding carboxylic acids is 1. The van der Waals surface area contributed by atoms with Crippen LogP contribution >= 0.6 is 0 Å². The van der Waals surface area contributed by atoms with Gasteiger partial charge in [0.15, 0.2) is 11.2 Å². The monoisotopic (exact) mass is 355 g/mol. The molecule has 1 aliphatic carbocycles. The molecule has 0 amide bonds. The number of aliphatic hydroxyl groups excluding tert-OH is 1. The van der Waals surface area contributed by atoms with Crippen molar-refractivity contribution in [1.29, 1.82) is 5.26 Å². The molecule has 0 bridgehead atoms. The number of carboxylic acid groups (broad SMARTS) is 1. The Morgan fingerprint density at radius 2 is 2.12 bits per heavy atom. The molecule has 0 radical (unpaired) electrons. The number of para-hydroxylation sites is 1. The molecule has 4 N–H and O–H groups in total. The highest BCUT2D eigenvalue weighted by molar-refractivity contribution is 6.01. The maximum absolute atomic E-state index is 12.7. The van der Waals surface area contributed by atoms with E-state index in [1.165, 1.54) is 12.1 Å². The van der Waals surface area contributed by atoms with Crippen molar-refractivity contribution in [3.63, 3.8) is 0 Å². The van der Waals surface area contributed by atoms with E-state index in [1.807, 2.05) is 6.07 Å². The highest BCUT2D eigenvalue weighted by Crippen LogP contribution is 2.38. The van der Waals surface area contributed by atoms with Crippen LogP contribution in [0.4, 0.5) is 0 Å². The fraction of sp³-hybridized carbons (Fsp3) is 0.333. The molecule has 0 aliphatic heterocycles. The molecule has 1 aromatic heterocycles. The minimum atomic E-state index is -1.87. The van der Waals surface area contributed by atoms with E-state index >= 15 is 0 Å². The van der Waals surface area contributed by atoms with Gasteiger partial charge in [-0.25, -0.2) is 4.98 Å². The number of benzene rings is 1. The summed E-state index contributed by atoms with van der Waals surface area (Å²) in [5.74, 6) is -2.28. The lowest BCUT2D eigenvalue weighted by atomic mass is 9.71. The summed E-state index contributed by atoms with van der Waals surface area (Å²) in [6.45, 7) is 0. The molecule has 1 aliphatic rings. The van der Waals surface area contributed by atoms with Crippen LogP contribution < -0.4 is 10.5 Å². The van der Waals surface area contributed by atoms with E-state index in [9.17, 15) is 19.8 Å². The van der Waals surface area contributed by atoms with Crippen molar-refractivity contribution >= 4 is 22.8 Å². The molecule has 3 rings (SSSR count). The summed E-state index contributed by atoms with van der Waals surface area (Å²) < 4.78 is 5.37. The molecule has 1 heterocycles. The molecule has 1 saturated carbocycles. The average Bonchev–Trinajstić information content (AvgIpc) is 2.63. The maximum atomic E-state index is 12.7. The number of nitriles is 1. The Labute approximate surface area is 148 Å². The van der Waals surface area contributed by atoms with Crippen molar-refractivity contribution in [1.82, 2.24) is 4.98 Å². The smallest absolute Gasteiger partial charge is 0.329 e. The fourth-order valence-electron chi connectivity index (χ4n) is 3.14. The number of pyridine rings is 1. The van der Waals surface area contributed by atoms with E-state index in [4.69, 9.17) is 15.7 Å². The van der Waals surface area contributed by atoms with E-state index in [1.54, 1.807) is 18.2 Å². The molecular weight excluding hydrogens is 338 g/mol. The van der Waals surface area contributed by atoms with Gasteiger partial charge in [0, 0.05) is 17.8 Å². The second-order valence-electron chi connectivity index (χ2n) is 6.39. The first-order chi connectivity index (χ1) is 12.4. The number of esters is 1.